The molecular weight excluding hydrogens is 360 g/mol. The zero-order valence-electron chi connectivity index (χ0n) is 15.8. The summed E-state index contributed by atoms with van der Waals surface area (Å²) in [5.74, 6) is 0.924. The van der Waals surface area contributed by atoms with Crippen LogP contribution in [0.1, 0.15) is 30.0 Å². The van der Waals surface area contributed by atoms with Crippen molar-refractivity contribution in [2.45, 2.75) is 20.5 Å². The van der Waals surface area contributed by atoms with E-state index in [9.17, 15) is 4.79 Å². The van der Waals surface area contributed by atoms with E-state index in [1.165, 1.54) is 6.07 Å². The second-order valence-corrected chi connectivity index (χ2v) is 5.87. The van der Waals surface area contributed by atoms with E-state index in [-0.39, 0.29) is 17.9 Å². The summed E-state index contributed by atoms with van der Waals surface area (Å²) in [7, 11) is 0. The molecule has 0 aliphatic heterocycles. The molecule has 0 bridgehead atoms. The maximum atomic E-state index is 12.5. The first-order valence-corrected chi connectivity index (χ1v) is 8.90. The molecule has 8 nitrogen and oxygen atoms in total. The van der Waals surface area contributed by atoms with Crippen LogP contribution in [0.2, 0.25) is 0 Å². The van der Waals surface area contributed by atoms with Crippen molar-refractivity contribution in [1.82, 2.24) is 9.97 Å². The number of nitrogen functional groups attached to an aromatic ring is 2. The highest BCUT2D eigenvalue weighted by molar-refractivity contribution is 5.96. The highest BCUT2D eigenvalue weighted by Crippen LogP contribution is 2.33. The van der Waals surface area contributed by atoms with Gasteiger partial charge in [0.1, 0.15) is 5.82 Å². The lowest BCUT2D eigenvalue weighted by Crippen LogP contribution is -2.11. The van der Waals surface area contributed by atoms with E-state index in [4.69, 9.17) is 25.7 Å². The van der Waals surface area contributed by atoms with Crippen LogP contribution in [0, 0.1) is 0 Å². The number of rotatable bonds is 7. The monoisotopic (exact) mass is 382 g/mol. The zero-order valence-corrected chi connectivity index (χ0v) is 15.8. The van der Waals surface area contributed by atoms with Gasteiger partial charge < -0.3 is 25.7 Å². The van der Waals surface area contributed by atoms with Gasteiger partial charge in [0.05, 0.1) is 30.0 Å². The van der Waals surface area contributed by atoms with Crippen LogP contribution in [-0.4, -0.2) is 29.2 Å². The maximum Gasteiger partial charge on any atom is 0.340 e. The van der Waals surface area contributed by atoms with Crippen LogP contribution in [0.15, 0.2) is 36.4 Å². The molecule has 0 saturated heterocycles. The summed E-state index contributed by atoms with van der Waals surface area (Å²) in [4.78, 5) is 21.1. The van der Waals surface area contributed by atoms with Gasteiger partial charge in [0.25, 0.3) is 0 Å². The highest BCUT2D eigenvalue weighted by atomic mass is 16.5. The second-order valence-electron chi connectivity index (χ2n) is 5.87. The van der Waals surface area contributed by atoms with Gasteiger partial charge in [-0.15, -0.1) is 0 Å². The van der Waals surface area contributed by atoms with Gasteiger partial charge >= 0.3 is 5.97 Å². The van der Waals surface area contributed by atoms with Crippen molar-refractivity contribution in [2.75, 3.05) is 24.7 Å². The van der Waals surface area contributed by atoms with Crippen molar-refractivity contribution < 1.29 is 19.0 Å². The summed E-state index contributed by atoms with van der Waals surface area (Å²) in [6, 6.07) is 10.4. The molecule has 0 amide bonds. The smallest absolute Gasteiger partial charge is 0.340 e. The molecule has 0 aliphatic rings. The first-order valence-electron chi connectivity index (χ1n) is 8.90. The Bertz CT molecular complexity index is 1010. The Morgan fingerprint density at radius 3 is 2.39 bits per heavy atom. The largest absolute Gasteiger partial charge is 0.490 e. The third-order valence-corrected chi connectivity index (χ3v) is 3.95. The van der Waals surface area contributed by atoms with Crippen LogP contribution in [0.25, 0.3) is 10.9 Å². The molecule has 28 heavy (non-hydrogen) atoms. The molecule has 0 fully saturated rings. The summed E-state index contributed by atoms with van der Waals surface area (Å²) in [6.07, 6.45) is 0. The quantitative estimate of drug-likeness (QED) is 0.472. The molecule has 8 heteroatoms. The van der Waals surface area contributed by atoms with Gasteiger partial charge in [-0.05, 0) is 26.0 Å². The molecule has 0 unspecified atom stereocenters. The lowest BCUT2D eigenvalue weighted by Gasteiger charge is -2.14. The van der Waals surface area contributed by atoms with Gasteiger partial charge in [0.15, 0.2) is 23.9 Å². The minimum atomic E-state index is -0.614. The normalized spacial score (nSPS) is 10.6. The Hall–Kier alpha value is -3.55. The number of hydrogen-bond donors (Lipinski definition) is 2. The molecule has 0 atom stereocenters. The summed E-state index contributed by atoms with van der Waals surface area (Å²) in [6.45, 7) is 4.42. The van der Waals surface area contributed by atoms with E-state index in [1.807, 2.05) is 38.1 Å². The molecule has 2 aromatic carbocycles. The lowest BCUT2D eigenvalue weighted by atomic mass is 10.1. The number of nitrogens with two attached hydrogens (primary N) is 2. The molecule has 146 valence electrons. The van der Waals surface area contributed by atoms with Crippen molar-refractivity contribution in [3.63, 3.8) is 0 Å². The number of anilines is 2. The molecule has 0 aliphatic carbocycles. The summed E-state index contributed by atoms with van der Waals surface area (Å²) in [5, 5.41) is 0.745. The number of fused-ring (bicyclic) bond motifs is 1. The van der Waals surface area contributed by atoms with Crippen LogP contribution in [0.4, 0.5) is 11.5 Å². The van der Waals surface area contributed by atoms with Crippen LogP contribution < -0.4 is 20.9 Å². The topological polar surface area (TPSA) is 123 Å². The average molecular weight is 382 g/mol. The molecular formula is C20H22N4O4. The number of aromatic nitrogens is 2. The summed E-state index contributed by atoms with van der Waals surface area (Å²) >= 11 is 0. The Morgan fingerprint density at radius 2 is 1.68 bits per heavy atom. The fourth-order valence-corrected chi connectivity index (χ4v) is 2.71. The minimum Gasteiger partial charge on any atom is -0.490 e. The van der Waals surface area contributed by atoms with Gasteiger partial charge in [0, 0.05) is 17.5 Å². The van der Waals surface area contributed by atoms with E-state index in [0.717, 1.165) is 5.39 Å². The molecule has 0 spiro atoms. The molecule has 3 aromatic rings. The van der Waals surface area contributed by atoms with Crippen molar-refractivity contribution in [1.29, 1.82) is 0 Å². The maximum absolute atomic E-state index is 12.5. The predicted octanol–water partition coefficient (Wildman–Crippen LogP) is 2.95. The number of carbonyl (C=O) groups excluding carboxylic acids is 1. The zero-order chi connectivity index (χ0) is 20.1. The van der Waals surface area contributed by atoms with Crippen molar-refractivity contribution in [2.24, 2.45) is 0 Å². The SMILES string of the molecule is CCOc1cc(N)c(C(=O)OCc2nc(N)c3ccccc3n2)cc1OCC. The Morgan fingerprint density at radius 1 is 1.00 bits per heavy atom. The third kappa shape index (κ3) is 4.06. The summed E-state index contributed by atoms with van der Waals surface area (Å²) in [5.41, 5.74) is 13.0. The highest BCUT2D eigenvalue weighted by Gasteiger charge is 2.18. The molecule has 3 rings (SSSR count). The van der Waals surface area contributed by atoms with Gasteiger partial charge in [-0.2, -0.15) is 0 Å². The number of nitrogens with zero attached hydrogens (tertiary/aromatic N) is 2. The number of esters is 1. The summed E-state index contributed by atoms with van der Waals surface area (Å²) < 4.78 is 16.4. The Kier molecular flexibility index (Phi) is 5.78. The van der Waals surface area contributed by atoms with E-state index < -0.39 is 5.97 Å². The first kappa shape index (κ1) is 19.2. The van der Waals surface area contributed by atoms with Crippen molar-refractivity contribution in [3.8, 4) is 11.5 Å². The van der Waals surface area contributed by atoms with E-state index >= 15 is 0 Å². The standard InChI is InChI=1S/C20H22N4O4/c1-3-26-16-9-13(14(21)10-17(16)27-4-2)20(25)28-11-18-23-15-8-6-5-7-12(15)19(22)24-18/h5-10H,3-4,11,21H2,1-2H3,(H2,22,23,24). The van der Waals surface area contributed by atoms with Crippen LogP contribution >= 0.6 is 0 Å². The molecule has 0 radical (unpaired) electrons. The van der Waals surface area contributed by atoms with Gasteiger partial charge in [-0.3, -0.25) is 0 Å². The fourth-order valence-electron chi connectivity index (χ4n) is 2.71. The predicted molar refractivity (Wildman–Crippen MR) is 106 cm³/mol. The van der Waals surface area contributed by atoms with Gasteiger partial charge in [0.2, 0.25) is 0 Å². The third-order valence-electron chi connectivity index (χ3n) is 3.95. The number of benzene rings is 2. The molecule has 0 saturated carbocycles. The molecule has 1 aromatic heterocycles. The number of hydrogen-bond acceptors (Lipinski definition) is 8. The number of carbonyl (C=O) groups is 1. The van der Waals surface area contributed by atoms with E-state index in [1.54, 1.807) is 6.07 Å². The Balaban J connectivity index is 1.80. The Labute approximate surface area is 162 Å². The van der Waals surface area contributed by atoms with E-state index in [2.05, 4.69) is 9.97 Å². The van der Waals surface area contributed by atoms with Gasteiger partial charge in [-0.1, -0.05) is 12.1 Å². The minimum absolute atomic E-state index is 0.134. The molecule has 1 heterocycles. The molecule has 4 N–H and O–H groups in total. The fraction of sp³-hybridized carbons (Fsp3) is 0.250. The average Bonchev–Trinajstić information content (AvgIpc) is 2.68. The number of para-hydroxylation sites is 1. The van der Waals surface area contributed by atoms with Crippen LogP contribution in [-0.2, 0) is 11.3 Å². The van der Waals surface area contributed by atoms with Crippen LogP contribution in [0.5, 0.6) is 11.5 Å². The first-order chi connectivity index (χ1) is 13.5. The van der Waals surface area contributed by atoms with Crippen molar-refractivity contribution in [3.05, 3.63) is 47.8 Å². The van der Waals surface area contributed by atoms with Crippen LogP contribution in [0.3, 0.4) is 0 Å². The lowest BCUT2D eigenvalue weighted by molar-refractivity contribution is 0.0463. The van der Waals surface area contributed by atoms with E-state index in [0.29, 0.717) is 41.9 Å². The number of ether oxygens (including phenoxy) is 3. The van der Waals surface area contributed by atoms with Crippen molar-refractivity contribution >= 4 is 28.4 Å². The second kappa shape index (κ2) is 8.43. The van der Waals surface area contributed by atoms with Gasteiger partial charge in [-0.25, -0.2) is 14.8 Å².